The third kappa shape index (κ3) is 4.68. The number of hydrogen-bond donors (Lipinski definition) is 2. The molecule has 0 radical (unpaired) electrons. The molecule has 4 nitrogen and oxygen atoms in total. The van der Waals surface area contributed by atoms with Crippen molar-refractivity contribution in [2.75, 3.05) is 27.2 Å². The van der Waals surface area contributed by atoms with Crippen LogP contribution in [-0.4, -0.2) is 43.0 Å². The molecule has 0 saturated heterocycles. The second-order valence-electron chi connectivity index (χ2n) is 6.92. The van der Waals surface area contributed by atoms with Gasteiger partial charge in [0.1, 0.15) is 0 Å². The Bertz CT molecular complexity index is 965. The van der Waals surface area contributed by atoms with Crippen LogP contribution in [-0.2, 0) is 6.18 Å². The smallest absolute Gasteiger partial charge is 0.361 e. The van der Waals surface area contributed by atoms with Crippen LogP contribution >= 0.6 is 0 Å². The number of amides is 1. The Kier molecular flexibility index (Phi) is 6.08. The monoisotopic (exact) mass is 401 g/mol. The number of carbonyl (C=O) groups excluding carboxylic acids is 1. The summed E-state index contributed by atoms with van der Waals surface area (Å²) >= 11 is 0. The van der Waals surface area contributed by atoms with Crippen molar-refractivity contribution in [2.45, 2.75) is 6.18 Å². The van der Waals surface area contributed by atoms with E-state index >= 15 is 0 Å². The van der Waals surface area contributed by atoms with Gasteiger partial charge >= 0.3 is 6.18 Å². The summed E-state index contributed by atoms with van der Waals surface area (Å²) in [7, 11) is 3.75. The van der Waals surface area contributed by atoms with E-state index < -0.39 is 17.6 Å². The number of aromatic nitrogens is 1. The number of nitrogens with one attached hydrogen (secondary N) is 2. The van der Waals surface area contributed by atoms with E-state index in [1.807, 2.05) is 19.0 Å². The second kappa shape index (κ2) is 8.53. The lowest BCUT2D eigenvalue weighted by Crippen LogP contribution is -2.31. The molecule has 0 unspecified atom stereocenters. The number of rotatable bonds is 6. The number of benzene rings is 2. The average molecular weight is 401 g/mol. The van der Waals surface area contributed by atoms with Crippen molar-refractivity contribution in [3.63, 3.8) is 0 Å². The maximum absolute atomic E-state index is 13.9. The Morgan fingerprint density at radius 1 is 1.00 bits per heavy atom. The minimum Gasteiger partial charge on any atom is -0.361 e. The van der Waals surface area contributed by atoms with Crippen molar-refractivity contribution in [1.82, 2.24) is 15.2 Å². The fraction of sp³-hybridized carbons (Fsp3) is 0.227. The van der Waals surface area contributed by atoms with Crippen molar-refractivity contribution in [3.05, 3.63) is 71.9 Å². The zero-order valence-electron chi connectivity index (χ0n) is 16.2. The molecule has 2 N–H and O–H groups in total. The van der Waals surface area contributed by atoms with E-state index in [9.17, 15) is 18.0 Å². The topological polar surface area (TPSA) is 48.1 Å². The Morgan fingerprint density at radius 3 is 2.31 bits per heavy atom. The molecule has 0 spiro atoms. The van der Waals surface area contributed by atoms with Crippen LogP contribution in [0, 0.1) is 0 Å². The van der Waals surface area contributed by atoms with E-state index in [4.69, 9.17) is 0 Å². The zero-order valence-corrected chi connectivity index (χ0v) is 16.2. The molecule has 0 aliphatic rings. The Balaban J connectivity index is 2.22. The van der Waals surface area contributed by atoms with Gasteiger partial charge in [0.2, 0.25) is 0 Å². The highest BCUT2D eigenvalue weighted by atomic mass is 19.4. The summed E-state index contributed by atoms with van der Waals surface area (Å²) in [5, 5.41) is 2.79. The molecular weight excluding hydrogens is 379 g/mol. The average Bonchev–Trinajstić information content (AvgIpc) is 3.21. The van der Waals surface area contributed by atoms with E-state index in [0.29, 0.717) is 24.3 Å². The first-order valence-electron chi connectivity index (χ1n) is 9.15. The molecule has 3 aromatic rings. The summed E-state index contributed by atoms with van der Waals surface area (Å²) in [4.78, 5) is 17.7. The maximum Gasteiger partial charge on any atom is 0.417 e. The van der Waals surface area contributed by atoms with Crippen molar-refractivity contribution in [3.8, 4) is 22.4 Å². The molecular formula is C22H22F3N3O. The molecule has 0 aliphatic heterocycles. The van der Waals surface area contributed by atoms with Crippen LogP contribution in [0.2, 0.25) is 0 Å². The second-order valence-corrected chi connectivity index (χ2v) is 6.92. The fourth-order valence-electron chi connectivity index (χ4n) is 3.19. The molecule has 0 aliphatic carbocycles. The molecule has 1 aromatic heterocycles. The van der Waals surface area contributed by atoms with Gasteiger partial charge in [-0.1, -0.05) is 30.3 Å². The summed E-state index contributed by atoms with van der Waals surface area (Å²) in [6.07, 6.45) is -2.94. The Hall–Kier alpha value is -3.06. The van der Waals surface area contributed by atoms with E-state index in [0.717, 1.165) is 6.07 Å². The van der Waals surface area contributed by atoms with Crippen LogP contribution in [0.3, 0.4) is 0 Å². The largest absolute Gasteiger partial charge is 0.417 e. The highest BCUT2D eigenvalue weighted by molar-refractivity contribution is 6.05. The fourth-order valence-corrected chi connectivity index (χ4v) is 3.19. The summed E-state index contributed by atoms with van der Waals surface area (Å²) in [6, 6.07) is 13.9. The predicted molar refractivity (Wildman–Crippen MR) is 108 cm³/mol. The first-order valence-corrected chi connectivity index (χ1v) is 9.15. The molecule has 0 saturated carbocycles. The van der Waals surface area contributed by atoms with Gasteiger partial charge in [-0.05, 0) is 43.9 Å². The number of carbonyl (C=O) groups is 1. The van der Waals surface area contributed by atoms with Crippen LogP contribution in [0.15, 0.2) is 60.8 Å². The summed E-state index contributed by atoms with van der Waals surface area (Å²) in [5.74, 6) is -0.414. The molecule has 29 heavy (non-hydrogen) atoms. The molecule has 7 heteroatoms. The first kappa shape index (κ1) is 20.7. The first-order chi connectivity index (χ1) is 13.8. The number of aromatic amines is 1. The minimum atomic E-state index is -4.56. The normalized spacial score (nSPS) is 11.7. The van der Waals surface area contributed by atoms with Gasteiger partial charge in [-0.15, -0.1) is 0 Å². The van der Waals surface area contributed by atoms with Gasteiger partial charge in [0.25, 0.3) is 5.91 Å². The highest BCUT2D eigenvalue weighted by Crippen LogP contribution is 2.43. The number of likely N-dealkylation sites (N-methyl/N-ethyl adjacent to an activating group) is 1. The molecule has 0 atom stereocenters. The lowest BCUT2D eigenvalue weighted by molar-refractivity contribution is -0.137. The number of H-pyrrole nitrogens is 1. The molecule has 0 bridgehead atoms. The van der Waals surface area contributed by atoms with Gasteiger partial charge in [-0.2, -0.15) is 13.2 Å². The Labute approximate surface area is 167 Å². The van der Waals surface area contributed by atoms with E-state index in [1.165, 1.54) is 6.07 Å². The van der Waals surface area contributed by atoms with Crippen LogP contribution in [0.4, 0.5) is 13.2 Å². The molecule has 1 heterocycles. The number of halogens is 3. The lowest BCUT2D eigenvalue weighted by atomic mass is 9.88. The number of alkyl halides is 3. The lowest BCUT2D eigenvalue weighted by Gasteiger charge is -2.20. The van der Waals surface area contributed by atoms with Crippen molar-refractivity contribution in [1.29, 1.82) is 0 Å². The minimum absolute atomic E-state index is 0.0131. The number of nitrogens with zero attached hydrogens (tertiary/aromatic N) is 1. The van der Waals surface area contributed by atoms with Gasteiger partial charge < -0.3 is 15.2 Å². The third-order valence-electron chi connectivity index (χ3n) is 4.53. The molecule has 1 amide bonds. The van der Waals surface area contributed by atoms with Gasteiger partial charge in [0.05, 0.1) is 5.56 Å². The van der Waals surface area contributed by atoms with Gasteiger partial charge in [-0.3, -0.25) is 4.79 Å². The highest BCUT2D eigenvalue weighted by Gasteiger charge is 2.36. The van der Waals surface area contributed by atoms with Crippen LogP contribution < -0.4 is 5.32 Å². The molecule has 2 aromatic carbocycles. The maximum atomic E-state index is 13.9. The van der Waals surface area contributed by atoms with Crippen molar-refractivity contribution >= 4 is 5.91 Å². The molecule has 0 fully saturated rings. The quantitative estimate of drug-likeness (QED) is 0.631. The third-order valence-corrected chi connectivity index (χ3v) is 4.53. The van der Waals surface area contributed by atoms with Crippen molar-refractivity contribution in [2.24, 2.45) is 0 Å². The standard InChI is InChI=1S/C22H22F3N3O/c1-28(2)14-13-27-21(29)16-10-11-17(22(23,24)25)19(15-7-4-3-5-8-15)20(16)18-9-6-12-26-18/h3-12,26H,13-14H2,1-2H3,(H,27,29). The van der Waals surface area contributed by atoms with Crippen molar-refractivity contribution < 1.29 is 18.0 Å². The van der Waals surface area contributed by atoms with E-state index in [-0.39, 0.29) is 16.7 Å². The van der Waals surface area contributed by atoms with E-state index in [1.54, 1.807) is 48.7 Å². The van der Waals surface area contributed by atoms with Gasteiger partial charge in [-0.25, -0.2) is 0 Å². The molecule has 152 valence electrons. The molecule has 3 rings (SSSR count). The van der Waals surface area contributed by atoms with Gasteiger partial charge in [0.15, 0.2) is 0 Å². The predicted octanol–water partition coefficient (Wildman–Crippen LogP) is 4.66. The van der Waals surface area contributed by atoms with Crippen LogP contribution in [0.25, 0.3) is 22.4 Å². The summed E-state index contributed by atoms with van der Waals surface area (Å²) < 4.78 is 41.6. The van der Waals surface area contributed by atoms with Crippen LogP contribution in [0.5, 0.6) is 0 Å². The van der Waals surface area contributed by atoms with Gasteiger partial charge in [0, 0.05) is 41.7 Å². The SMILES string of the molecule is CN(C)CCNC(=O)c1ccc(C(F)(F)F)c(-c2ccccc2)c1-c1ccc[nH]1. The summed E-state index contributed by atoms with van der Waals surface area (Å²) in [6.45, 7) is 1.01. The summed E-state index contributed by atoms with van der Waals surface area (Å²) in [5.41, 5.74) is 0.482. The zero-order chi connectivity index (χ0) is 21.0. The Morgan fingerprint density at radius 2 is 1.72 bits per heavy atom. The van der Waals surface area contributed by atoms with E-state index in [2.05, 4.69) is 10.3 Å². The number of hydrogen-bond acceptors (Lipinski definition) is 2. The van der Waals surface area contributed by atoms with Crippen LogP contribution in [0.1, 0.15) is 15.9 Å².